The quantitative estimate of drug-likeness (QED) is 0.188. The first-order valence-corrected chi connectivity index (χ1v) is 17.3. The average Bonchev–Trinajstić information content (AvgIpc) is 3.38. The number of piperidine rings is 1. The zero-order valence-corrected chi connectivity index (χ0v) is 26.4. The molecule has 1 aliphatic carbocycles. The van der Waals surface area contributed by atoms with Gasteiger partial charge in [-0.1, -0.05) is 52.4 Å². The van der Waals surface area contributed by atoms with E-state index < -0.39 is 15.0 Å². The van der Waals surface area contributed by atoms with E-state index in [-0.39, 0.29) is 23.5 Å². The Labute approximate surface area is 247 Å². The van der Waals surface area contributed by atoms with Crippen molar-refractivity contribution in [1.82, 2.24) is 9.97 Å². The van der Waals surface area contributed by atoms with Crippen molar-refractivity contribution in [2.75, 3.05) is 25.1 Å². The minimum atomic E-state index is -0.895. The predicted octanol–water partition coefficient (Wildman–Crippen LogP) is 6.87. The van der Waals surface area contributed by atoms with Gasteiger partial charge in [0.1, 0.15) is 23.7 Å². The number of fused-ring (bicyclic) bond motifs is 1. The van der Waals surface area contributed by atoms with E-state index in [0.29, 0.717) is 5.54 Å². The summed E-state index contributed by atoms with van der Waals surface area (Å²) in [5.74, 6) is 1.02. The van der Waals surface area contributed by atoms with Gasteiger partial charge in [0, 0.05) is 25.9 Å². The van der Waals surface area contributed by atoms with Crippen molar-refractivity contribution in [3.05, 3.63) is 46.4 Å². The fraction of sp³-hybridized carbons (Fsp3) is 0.625. The molecule has 1 fully saturated rings. The van der Waals surface area contributed by atoms with E-state index in [4.69, 9.17) is 18.9 Å². The Kier molecular flexibility index (Phi) is 11.2. The number of unbranched alkanes of at least 4 members (excludes halogenated alkanes) is 2. The summed E-state index contributed by atoms with van der Waals surface area (Å²) in [6.07, 6.45) is 13.4. The van der Waals surface area contributed by atoms with Crippen LogP contribution in [0.25, 0.3) is 0 Å². The first-order valence-electron chi connectivity index (χ1n) is 15.3. The smallest absolute Gasteiger partial charge is 0.340 e. The Morgan fingerprint density at radius 1 is 1.17 bits per heavy atom. The third-order valence-corrected chi connectivity index (χ3v) is 10.8. The van der Waals surface area contributed by atoms with Crippen molar-refractivity contribution in [3.63, 3.8) is 0 Å². The number of aryl methyl sites for hydroxylation is 2. The van der Waals surface area contributed by atoms with Crippen molar-refractivity contribution in [3.8, 4) is 11.8 Å². The van der Waals surface area contributed by atoms with Crippen LogP contribution < -0.4 is 9.64 Å². The summed E-state index contributed by atoms with van der Waals surface area (Å²) >= 11 is 0. The molecule has 0 bridgehead atoms. The lowest BCUT2D eigenvalue weighted by Gasteiger charge is -2.34. The SMILES string of the molecule is CCCCC(CCCC)[Si](C)OC1CCc2cc(OC3CCN(c4nc(C#N)c(C(=O)OC)cc4C)CC3)cnc21. The summed E-state index contributed by atoms with van der Waals surface area (Å²) in [5.41, 5.74) is 4.22. The lowest BCUT2D eigenvalue weighted by molar-refractivity contribution is 0.0599. The number of ether oxygens (including phenoxy) is 2. The van der Waals surface area contributed by atoms with Crippen LogP contribution in [0, 0.1) is 18.3 Å². The third kappa shape index (κ3) is 7.66. The van der Waals surface area contributed by atoms with Crippen molar-refractivity contribution in [2.45, 2.75) is 109 Å². The Morgan fingerprint density at radius 3 is 2.51 bits per heavy atom. The molecule has 2 aromatic rings. The highest BCUT2D eigenvalue weighted by Gasteiger charge is 2.31. The molecule has 1 unspecified atom stereocenters. The molecule has 1 atom stereocenters. The minimum absolute atomic E-state index is 0.0907. The number of esters is 1. The molecule has 41 heavy (non-hydrogen) atoms. The molecule has 1 saturated heterocycles. The summed E-state index contributed by atoms with van der Waals surface area (Å²) in [6, 6.07) is 5.90. The Bertz CT molecular complexity index is 1220. The Balaban J connectivity index is 1.33. The van der Waals surface area contributed by atoms with Crippen LogP contribution >= 0.6 is 0 Å². The molecule has 0 aromatic carbocycles. The fourth-order valence-electron chi connectivity index (χ4n) is 6.02. The number of methoxy groups -OCH3 is 1. The fourth-order valence-corrected chi connectivity index (χ4v) is 8.11. The predicted molar refractivity (Wildman–Crippen MR) is 162 cm³/mol. The van der Waals surface area contributed by atoms with E-state index in [9.17, 15) is 10.1 Å². The summed E-state index contributed by atoms with van der Waals surface area (Å²) < 4.78 is 17.9. The molecule has 9 heteroatoms. The van der Waals surface area contributed by atoms with Crippen molar-refractivity contribution in [2.24, 2.45) is 0 Å². The lowest BCUT2D eigenvalue weighted by Crippen LogP contribution is -2.39. The van der Waals surface area contributed by atoms with Gasteiger partial charge in [-0.25, -0.2) is 9.78 Å². The molecular weight excluding hydrogens is 532 g/mol. The van der Waals surface area contributed by atoms with Gasteiger partial charge >= 0.3 is 5.97 Å². The maximum Gasteiger partial charge on any atom is 0.340 e. The highest BCUT2D eigenvalue weighted by molar-refractivity contribution is 6.52. The van der Waals surface area contributed by atoms with Gasteiger partial charge < -0.3 is 18.8 Å². The second-order valence-corrected chi connectivity index (χ2v) is 13.7. The molecule has 2 aromatic heterocycles. The summed E-state index contributed by atoms with van der Waals surface area (Å²) in [7, 11) is 0.412. The van der Waals surface area contributed by atoms with Crippen LogP contribution in [0.4, 0.5) is 5.82 Å². The van der Waals surface area contributed by atoms with E-state index in [2.05, 4.69) is 36.3 Å². The maximum absolute atomic E-state index is 12.0. The van der Waals surface area contributed by atoms with Crippen LogP contribution in [0.15, 0.2) is 18.3 Å². The van der Waals surface area contributed by atoms with Crippen molar-refractivity contribution >= 4 is 20.8 Å². The van der Waals surface area contributed by atoms with Gasteiger partial charge in [-0.15, -0.1) is 0 Å². The average molecular weight is 578 g/mol. The van der Waals surface area contributed by atoms with Gasteiger partial charge in [-0.3, -0.25) is 4.98 Å². The first-order chi connectivity index (χ1) is 19.9. The zero-order valence-electron chi connectivity index (χ0n) is 25.4. The van der Waals surface area contributed by atoms with Crippen LogP contribution in [0.2, 0.25) is 12.1 Å². The normalized spacial score (nSPS) is 17.1. The van der Waals surface area contributed by atoms with E-state index in [1.54, 1.807) is 6.07 Å². The van der Waals surface area contributed by atoms with E-state index >= 15 is 0 Å². The number of carbonyl (C=O) groups excluding carboxylic acids is 1. The topological polar surface area (TPSA) is 97.6 Å². The van der Waals surface area contributed by atoms with Crippen LogP contribution in [0.5, 0.6) is 5.75 Å². The van der Waals surface area contributed by atoms with Gasteiger partial charge in [-0.05, 0) is 55.1 Å². The largest absolute Gasteiger partial charge is 0.489 e. The molecule has 0 spiro atoms. The maximum atomic E-state index is 12.0. The number of rotatable bonds is 13. The number of nitriles is 1. The molecule has 2 aliphatic rings. The third-order valence-electron chi connectivity index (χ3n) is 8.41. The van der Waals surface area contributed by atoms with Crippen LogP contribution in [-0.2, 0) is 15.6 Å². The number of pyridine rings is 2. The summed E-state index contributed by atoms with van der Waals surface area (Å²) in [4.78, 5) is 23.5. The number of hydrogen-bond acceptors (Lipinski definition) is 8. The molecule has 0 amide bonds. The number of hydrogen-bond donors (Lipinski definition) is 0. The van der Waals surface area contributed by atoms with Gasteiger partial charge in [0.2, 0.25) is 9.04 Å². The van der Waals surface area contributed by atoms with Gasteiger partial charge in [0.15, 0.2) is 5.69 Å². The molecule has 8 nitrogen and oxygen atoms in total. The van der Waals surface area contributed by atoms with E-state index in [0.717, 1.165) is 61.6 Å². The van der Waals surface area contributed by atoms with Crippen LogP contribution in [0.1, 0.15) is 111 Å². The number of aromatic nitrogens is 2. The van der Waals surface area contributed by atoms with Gasteiger partial charge in [0.05, 0.1) is 30.7 Å². The van der Waals surface area contributed by atoms with Crippen molar-refractivity contribution < 1.29 is 18.7 Å². The van der Waals surface area contributed by atoms with Gasteiger partial charge in [0.25, 0.3) is 0 Å². The molecule has 221 valence electrons. The molecule has 0 saturated carbocycles. The molecular formula is C32H45N4O4Si. The Morgan fingerprint density at radius 2 is 1.88 bits per heavy atom. The molecule has 3 heterocycles. The number of nitrogens with zero attached hydrogens (tertiary/aromatic N) is 4. The summed E-state index contributed by atoms with van der Waals surface area (Å²) in [6.45, 7) is 10.3. The minimum Gasteiger partial charge on any atom is -0.489 e. The molecule has 1 aliphatic heterocycles. The second kappa shape index (κ2) is 14.8. The lowest BCUT2D eigenvalue weighted by atomic mass is 10.1. The van der Waals surface area contributed by atoms with Crippen LogP contribution in [-0.4, -0.2) is 51.3 Å². The number of carbonyl (C=O) groups is 1. The van der Waals surface area contributed by atoms with E-state index in [1.165, 1.54) is 51.2 Å². The number of anilines is 1. The Hall–Kier alpha value is -2.96. The zero-order chi connectivity index (χ0) is 29.4. The molecule has 4 rings (SSSR count). The summed E-state index contributed by atoms with van der Waals surface area (Å²) in [5, 5.41) is 9.52. The monoisotopic (exact) mass is 577 g/mol. The molecule has 1 radical (unpaired) electrons. The second-order valence-electron chi connectivity index (χ2n) is 11.4. The van der Waals surface area contributed by atoms with E-state index in [1.807, 2.05) is 19.2 Å². The standard InChI is InChI=1S/C32H45N4O4Si/c1-6-8-10-26(11-9-7-2)41(5)40-29-13-12-23-19-25(21-34-30(23)29)39-24-14-16-36(17-15-24)31-22(3)18-27(32(37)38-4)28(20-33)35-31/h18-19,21,24,26,29H,6-17H2,1-5H3. The van der Waals surface area contributed by atoms with Crippen LogP contribution in [0.3, 0.4) is 0 Å². The highest BCUT2D eigenvalue weighted by Crippen LogP contribution is 2.38. The molecule has 0 N–H and O–H groups in total. The highest BCUT2D eigenvalue weighted by atomic mass is 28.3. The van der Waals surface area contributed by atoms with Gasteiger partial charge in [-0.2, -0.15) is 5.26 Å². The first kappa shape index (κ1) is 31.0. The van der Waals surface area contributed by atoms with Crippen molar-refractivity contribution in [1.29, 1.82) is 5.26 Å².